The SMILES string of the molecule is C=C[C@@H]1CC[C@@H](C=C)C12CNC(=O)O2. The van der Waals surface area contributed by atoms with E-state index in [0.717, 1.165) is 12.8 Å². The number of ether oxygens (including phenoxy) is 1. The van der Waals surface area contributed by atoms with Gasteiger partial charge in [-0.15, -0.1) is 13.2 Å². The van der Waals surface area contributed by atoms with Crippen molar-refractivity contribution in [3.8, 4) is 0 Å². The minimum atomic E-state index is -0.402. The minimum Gasteiger partial charge on any atom is -0.440 e. The van der Waals surface area contributed by atoms with Crippen LogP contribution < -0.4 is 5.32 Å². The maximum Gasteiger partial charge on any atom is 0.407 e. The Morgan fingerprint density at radius 2 is 1.93 bits per heavy atom. The fourth-order valence-corrected chi connectivity index (χ4v) is 2.63. The maximum absolute atomic E-state index is 11.1. The molecule has 1 saturated heterocycles. The summed E-state index contributed by atoms with van der Waals surface area (Å²) in [5.74, 6) is 0.508. The van der Waals surface area contributed by atoms with E-state index in [-0.39, 0.29) is 17.9 Å². The van der Waals surface area contributed by atoms with Gasteiger partial charge in [-0.25, -0.2) is 4.79 Å². The molecule has 0 aromatic heterocycles. The Balaban J connectivity index is 2.30. The zero-order chi connectivity index (χ0) is 10.2. The van der Waals surface area contributed by atoms with Crippen LogP contribution in [0.25, 0.3) is 0 Å². The average Bonchev–Trinajstić information content (AvgIpc) is 2.72. The van der Waals surface area contributed by atoms with Crippen LogP contribution in [0.1, 0.15) is 12.8 Å². The molecule has 3 nitrogen and oxygen atoms in total. The monoisotopic (exact) mass is 193 g/mol. The topological polar surface area (TPSA) is 38.3 Å². The van der Waals surface area contributed by atoms with Gasteiger partial charge in [-0.3, -0.25) is 0 Å². The number of hydrogen-bond acceptors (Lipinski definition) is 2. The van der Waals surface area contributed by atoms with Gasteiger partial charge >= 0.3 is 6.09 Å². The first-order chi connectivity index (χ1) is 6.73. The van der Waals surface area contributed by atoms with E-state index in [1.54, 1.807) is 0 Å². The lowest BCUT2D eigenvalue weighted by Gasteiger charge is -2.30. The highest BCUT2D eigenvalue weighted by Gasteiger charge is 2.54. The Hall–Kier alpha value is -1.25. The van der Waals surface area contributed by atoms with Crippen LogP contribution in [0.15, 0.2) is 25.3 Å². The summed E-state index contributed by atoms with van der Waals surface area (Å²) in [7, 11) is 0. The summed E-state index contributed by atoms with van der Waals surface area (Å²) in [5.41, 5.74) is -0.402. The Kier molecular flexibility index (Phi) is 2.10. The van der Waals surface area contributed by atoms with Gasteiger partial charge in [0.05, 0.1) is 6.54 Å². The third-order valence-corrected chi connectivity index (χ3v) is 3.40. The minimum absolute atomic E-state index is 0.254. The fraction of sp³-hybridized carbons (Fsp3) is 0.545. The van der Waals surface area contributed by atoms with Gasteiger partial charge in [-0.05, 0) is 12.8 Å². The van der Waals surface area contributed by atoms with Crippen LogP contribution in [-0.4, -0.2) is 18.2 Å². The molecule has 76 valence electrons. The number of rotatable bonds is 2. The van der Waals surface area contributed by atoms with Gasteiger partial charge in [0.25, 0.3) is 0 Å². The van der Waals surface area contributed by atoms with Crippen molar-refractivity contribution in [2.45, 2.75) is 18.4 Å². The number of hydrogen-bond donors (Lipinski definition) is 1. The van der Waals surface area contributed by atoms with E-state index in [4.69, 9.17) is 4.74 Å². The summed E-state index contributed by atoms with van der Waals surface area (Å²) in [4.78, 5) is 11.1. The third kappa shape index (κ3) is 1.08. The highest BCUT2D eigenvalue weighted by molar-refractivity contribution is 5.70. The van der Waals surface area contributed by atoms with Crippen LogP contribution in [0.3, 0.4) is 0 Å². The number of alkyl carbamates (subject to hydrolysis) is 1. The summed E-state index contributed by atoms with van der Waals surface area (Å²) in [6.45, 7) is 8.19. The molecule has 0 aromatic rings. The van der Waals surface area contributed by atoms with Crippen LogP contribution in [0, 0.1) is 11.8 Å². The number of carbonyl (C=O) groups is 1. The summed E-state index contributed by atoms with van der Waals surface area (Å²) in [6, 6.07) is 0. The molecular weight excluding hydrogens is 178 g/mol. The van der Waals surface area contributed by atoms with Crippen molar-refractivity contribution in [2.24, 2.45) is 11.8 Å². The molecule has 1 saturated carbocycles. The first-order valence-electron chi connectivity index (χ1n) is 4.95. The molecule has 1 N–H and O–H groups in total. The fourth-order valence-electron chi connectivity index (χ4n) is 2.63. The average molecular weight is 193 g/mol. The van der Waals surface area contributed by atoms with E-state index in [9.17, 15) is 4.79 Å². The summed E-state index contributed by atoms with van der Waals surface area (Å²) in [5, 5.41) is 2.72. The third-order valence-electron chi connectivity index (χ3n) is 3.40. The van der Waals surface area contributed by atoms with Crippen LogP contribution in [-0.2, 0) is 4.74 Å². The molecule has 1 amide bonds. The molecule has 1 heterocycles. The molecule has 2 rings (SSSR count). The van der Waals surface area contributed by atoms with E-state index >= 15 is 0 Å². The summed E-state index contributed by atoms with van der Waals surface area (Å²) < 4.78 is 5.42. The van der Waals surface area contributed by atoms with Crippen LogP contribution in [0.4, 0.5) is 4.79 Å². The van der Waals surface area contributed by atoms with E-state index in [1.807, 2.05) is 12.2 Å². The molecule has 2 aliphatic rings. The molecule has 1 aliphatic carbocycles. The Labute approximate surface area is 83.8 Å². The Bertz CT molecular complexity index is 269. The van der Waals surface area contributed by atoms with Gasteiger partial charge in [0, 0.05) is 11.8 Å². The first kappa shape index (κ1) is 9.31. The predicted molar refractivity (Wildman–Crippen MR) is 53.8 cm³/mol. The number of nitrogens with one attached hydrogen (secondary N) is 1. The summed E-state index contributed by atoms with van der Waals surface area (Å²) >= 11 is 0. The zero-order valence-corrected chi connectivity index (χ0v) is 8.16. The number of carbonyl (C=O) groups excluding carboxylic acids is 1. The Morgan fingerprint density at radius 3 is 2.29 bits per heavy atom. The van der Waals surface area contributed by atoms with Crippen molar-refractivity contribution in [1.82, 2.24) is 5.32 Å². The second-order valence-corrected chi connectivity index (χ2v) is 3.96. The molecule has 1 spiro atoms. The summed E-state index contributed by atoms with van der Waals surface area (Å²) in [6.07, 6.45) is 5.52. The van der Waals surface area contributed by atoms with E-state index in [1.165, 1.54) is 0 Å². The molecular formula is C11H15NO2. The Morgan fingerprint density at radius 1 is 1.36 bits per heavy atom. The smallest absolute Gasteiger partial charge is 0.407 e. The molecule has 2 fully saturated rings. The van der Waals surface area contributed by atoms with Gasteiger partial charge in [0.1, 0.15) is 5.60 Å². The lowest BCUT2D eigenvalue weighted by atomic mass is 9.84. The van der Waals surface area contributed by atoms with Crippen molar-refractivity contribution in [1.29, 1.82) is 0 Å². The van der Waals surface area contributed by atoms with Crippen molar-refractivity contribution in [3.63, 3.8) is 0 Å². The largest absolute Gasteiger partial charge is 0.440 e. The molecule has 2 atom stereocenters. The lowest BCUT2D eigenvalue weighted by molar-refractivity contribution is 0.0174. The quantitative estimate of drug-likeness (QED) is 0.680. The van der Waals surface area contributed by atoms with Gasteiger partial charge in [0.2, 0.25) is 0 Å². The number of amides is 1. The highest BCUT2D eigenvalue weighted by Crippen LogP contribution is 2.46. The molecule has 3 heteroatoms. The predicted octanol–water partition coefficient (Wildman–Crippen LogP) is 1.86. The first-order valence-corrected chi connectivity index (χ1v) is 4.95. The molecule has 14 heavy (non-hydrogen) atoms. The molecule has 0 aromatic carbocycles. The zero-order valence-electron chi connectivity index (χ0n) is 8.16. The van der Waals surface area contributed by atoms with Crippen LogP contribution in [0.5, 0.6) is 0 Å². The lowest BCUT2D eigenvalue weighted by Crippen LogP contribution is -2.42. The molecule has 0 unspecified atom stereocenters. The van der Waals surface area contributed by atoms with Crippen molar-refractivity contribution in [3.05, 3.63) is 25.3 Å². The van der Waals surface area contributed by atoms with Crippen LogP contribution >= 0.6 is 0 Å². The maximum atomic E-state index is 11.1. The normalized spacial score (nSPS) is 33.9. The molecule has 1 aliphatic heterocycles. The van der Waals surface area contributed by atoms with Crippen LogP contribution in [0.2, 0.25) is 0 Å². The van der Waals surface area contributed by atoms with Gasteiger partial charge < -0.3 is 10.1 Å². The van der Waals surface area contributed by atoms with E-state index in [0.29, 0.717) is 6.54 Å². The van der Waals surface area contributed by atoms with Gasteiger partial charge in [-0.2, -0.15) is 0 Å². The highest BCUT2D eigenvalue weighted by atomic mass is 16.6. The van der Waals surface area contributed by atoms with E-state index in [2.05, 4.69) is 18.5 Å². The second-order valence-electron chi connectivity index (χ2n) is 3.96. The van der Waals surface area contributed by atoms with Crippen molar-refractivity contribution in [2.75, 3.05) is 6.54 Å². The van der Waals surface area contributed by atoms with E-state index < -0.39 is 5.60 Å². The molecule has 0 radical (unpaired) electrons. The van der Waals surface area contributed by atoms with Gasteiger partial charge in [0.15, 0.2) is 0 Å². The van der Waals surface area contributed by atoms with Crippen molar-refractivity contribution < 1.29 is 9.53 Å². The second kappa shape index (κ2) is 3.15. The standard InChI is InChI=1S/C11H15NO2/c1-3-8-5-6-9(4-2)11(8)7-12-10(13)14-11/h3-4,8-9H,1-2,5-7H2,(H,12,13)/t8-,9-/m1/s1. The van der Waals surface area contributed by atoms with Crippen molar-refractivity contribution >= 4 is 6.09 Å². The van der Waals surface area contributed by atoms with Gasteiger partial charge in [-0.1, -0.05) is 12.2 Å². The molecule has 0 bridgehead atoms.